The van der Waals surface area contributed by atoms with Crippen molar-refractivity contribution in [3.05, 3.63) is 17.5 Å². The number of nitrogens with zero attached hydrogens (tertiary/aromatic N) is 4. The smallest absolute Gasteiger partial charge is 0.323 e. The molecule has 1 spiro atoms. The van der Waals surface area contributed by atoms with Crippen LogP contribution in [0.1, 0.15) is 30.5 Å². The van der Waals surface area contributed by atoms with Gasteiger partial charge in [-0.3, -0.25) is 4.79 Å². The molecular weight excluding hydrogens is 310 g/mol. The molecule has 2 N–H and O–H groups in total. The maximum absolute atomic E-state index is 12.2. The van der Waals surface area contributed by atoms with Gasteiger partial charge in [0.1, 0.15) is 6.54 Å². The quantitative estimate of drug-likeness (QED) is 0.841. The number of aromatic nitrogens is 2. The maximum Gasteiger partial charge on any atom is 0.323 e. The fraction of sp³-hybridized carbons (Fsp3) is 0.625. The van der Waals surface area contributed by atoms with Crippen molar-refractivity contribution in [2.45, 2.75) is 31.1 Å². The number of aryl methyl sites for hydroxylation is 1. The van der Waals surface area contributed by atoms with Crippen LogP contribution < -0.4 is 10.2 Å². The zero-order valence-electron chi connectivity index (χ0n) is 14.1. The van der Waals surface area contributed by atoms with E-state index >= 15 is 0 Å². The second-order valence-corrected chi connectivity index (χ2v) is 6.80. The second kappa shape index (κ2) is 6.26. The average molecular weight is 333 g/mol. The highest BCUT2D eigenvalue weighted by Crippen LogP contribution is 2.44. The standard InChI is InChI=1S/C16H23N5O3/c1-20(2)14-17-8-11-4-6-16(13(11)19-14)5-3-7-21(10-16)15(24)18-9-12(22)23/h8H,3-7,9-10H2,1-2H3,(H,18,24)(H,22,23). The number of fused-ring (bicyclic) bond motifs is 2. The van der Waals surface area contributed by atoms with E-state index in [4.69, 9.17) is 10.1 Å². The van der Waals surface area contributed by atoms with Gasteiger partial charge >= 0.3 is 12.0 Å². The highest BCUT2D eigenvalue weighted by molar-refractivity contribution is 5.80. The van der Waals surface area contributed by atoms with Crippen molar-refractivity contribution >= 4 is 17.9 Å². The SMILES string of the molecule is CN(C)c1ncc2c(n1)C1(CCCN(C(=O)NCC(=O)O)C1)CC2. The van der Waals surface area contributed by atoms with Crippen LogP contribution in [0, 0.1) is 0 Å². The Hall–Kier alpha value is -2.38. The fourth-order valence-corrected chi connectivity index (χ4v) is 3.71. The van der Waals surface area contributed by atoms with E-state index in [1.165, 1.54) is 0 Å². The molecule has 24 heavy (non-hydrogen) atoms. The van der Waals surface area contributed by atoms with Crippen molar-refractivity contribution in [2.24, 2.45) is 0 Å². The normalized spacial score (nSPS) is 22.3. The molecule has 130 valence electrons. The van der Waals surface area contributed by atoms with Gasteiger partial charge in [-0.15, -0.1) is 0 Å². The molecule has 1 fully saturated rings. The zero-order chi connectivity index (χ0) is 17.3. The lowest BCUT2D eigenvalue weighted by Gasteiger charge is -2.40. The van der Waals surface area contributed by atoms with E-state index in [1.54, 1.807) is 4.90 Å². The highest BCUT2D eigenvalue weighted by Gasteiger charge is 2.44. The van der Waals surface area contributed by atoms with Gasteiger partial charge in [-0.05, 0) is 31.2 Å². The van der Waals surface area contributed by atoms with Crippen molar-refractivity contribution in [1.29, 1.82) is 0 Å². The predicted octanol–water partition coefficient (Wildman–Crippen LogP) is 0.617. The summed E-state index contributed by atoms with van der Waals surface area (Å²) in [5, 5.41) is 11.2. The first-order chi connectivity index (χ1) is 11.4. The van der Waals surface area contributed by atoms with E-state index in [-0.39, 0.29) is 18.0 Å². The Kier molecular flexibility index (Phi) is 4.29. The first kappa shape index (κ1) is 16.5. The number of carboxylic acids is 1. The van der Waals surface area contributed by atoms with Crippen LogP contribution in [-0.2, 0) is 16.6 Å². The Morgan fingerprint density at radius 1 is 1.42 bits per heavy atom. The summed E-state index contributed by atoms with van der Waals surface area (Å²) >= 11 is 0. The summed E-state index contributed by atoms with van der Waals surface area (Å²) < 4.78 is 0. The Labute approximate surface area is 140 Å². The number of carbonyl (C=O) groups excluding carboxylic acids is 1. The van der Waals surface area contributed by atoms with E-state index in [1.807, 2.05) is 25.2 Å². The monoisotopic (exact) mass is 333 g/mol. The van der Waals surface area contributed by atoms with Gasteiger partial charge in [0.25, 0.3) is 0 Å². The minimum absolute atomic E-state index is 0.137. The molecule has 1 aromatic rings. The summed E-state index contributed by atoms with van der Waals surface area (Å²) in [6.07, 6.45) is 5.66. The summed E-state index contributed by atoms with van der Waals surface area (Å²) in [7, 11) is 3.83. The molecule has 0 saturated carbocycles. The number of amides is 2. The van der Waals surface area contributed by atoms with Gasteiger partial charge in [-0.2, -0.15) is 0 Å². The molecule has 1 aliphatic carbocycles. The number of piperidine rings is 1. The predicted molar refractivity (Wildman–Crippen MR) is 88.2 cm³/mol. The van der Waals surface area contributed by atoms with Gasteiger partial charge in [0.15, 0.2) is 0 Å². The molecule has 1 saturated heterocycles. The third-order valence-electron chi connectivity index (χ3n) is 4.88. The Morgan fingerprint density at radius 2 is 2.21 bits per heavy atom. The molecule has 8 nitrogen and oxygen atoms in total. The number of carboxylic acid groups (broad SMARTS) is 1. The fourth-order valence-electron chi connectivity index (χ4n) is 3.71. The van der Waals surface area contributed by atoms with E-state index in [0.29, 0.717) is 19.0 Å². The third kappa shape index (κ3) is 3.00. The molecule has 8 heteroatoms. The van der Waals surface area contributed by atoms with Gasteiger partial charge in [-0.1, -0.05) is 0 Å². The summed E-state index contributed by atoms with van der Waals surface area (Å²) in [6, 6.07) is -0.313. The number of hydrogen-bond donors (Lipinski definition) is 2. The van der Waals surface area contributed by atoms with E-state index < -0.39 is 5.97 Å². The molecule has 1 aromatic heterocycles. The molecule has 2 amide bonds. The van der Waals surface area contributed by atoms with Crippen LogP contribution in [0.2, 0.25) is 0 Å². The lowest BCUT2D eigenvalue weighted by molar-refractivity contribution is -0.135. The first-order valence-electron chi connectivity index (χ1n) is 8.19. The van der Waals surface area contributed by atoms with Crippen LogP contribution >= 0.6 is 0 Å². The molecule has 2 aliphatic rings. The van der Waals surface area contributed by atoms with Crippen molar-refractivity contribution in [3.8, 4) is 0 Å². The van der Waals surface area contributed by atoms with Crippen molar-refractivity contribution < 1.29 is 14.7 Å². The van der Waals surface area contributed by atoms with Crippen molar-refractivity contribution in [1.82, 2.24) is 20.2 Å². The number of likely N-dealkylation sites (tertiary alicyclic amines) is 1. The summed E-state index contributed by atoms with van der Waals surface area (Å²) in [6.45, 7) is 0.870. The molecule has 1 aliphatic heterocycles. The van der Waals surface area contributed by atoms with Crippen molar-refractivity contribution in [3.63, 3.8) is 0 Å². The van der Waals surface area contributed by atoms with E-state index in [2.05, 4.69) is 10.3 Å². The second-order valence-electron chi connectivity index (χ2n) is 6.80. The van der Waals surface area contributed by atoms with Gasteiger partial charge in [0.2, 0.25) is 5.95 Å². The Balaban J connectivity index is 1.81. The summed E-state index contributed by atoms with van der Waals surface area (Å²) in [4.78, 5) is 35.6. The lowest BCUT2D eigenvalue weighted by Crippen LogP contribution is -2.51. The number of rotatable bonds is 3. The number of carbonyl (C=O) groups is 2. The van der Waals surface area contributed by atoms with Crippen LogP contribution in [0.15, 0.2) is 6.20 Å². The van der Waals surface area contributed by atoms with Crippen LogP contribution in [0.4, 0.5) is 10.7 Å². The van der Waals surface area contributed by atoms with Gasteiger partial charge in [-0.25, -0.2) is 14.8 Å². The molecule has 3 rings (SSSR count). The molecule has 1 unspecified atom stereocenters. The maximum atomic E-state index is 12.2. The molecule has 2 heterocycles. The Bertz CT molecular complexity index is 659. The van der Waals surface area contributed by atoms with Gasteiger partial charge in [0.05, 0.1) is 5.69 Å². The van der Waals surface area contributed by atoms with Crippen LogP contribution in [0.5, 0.6) is 0 Å². The zero-order valence-corrected chi connectivity index (χ0v) is 14.1. The minimum atomic E-state index is -1.04. The van der Waals surface area contributed by atoms with Crippen molar-refractivity contribution in [2.75, 3.05) is 38.6 Å². The van der Waals surface area contributed by atoms with E-state index in [0.717, 1.165) is 36.9 Å². The van der Waals surface area contributed by atoms with E-state index in [9.17, 15) is 9.59 Å². The van der Waals surface area contributed by atoms with Crippen LogP contribution in [0.25, 0.3) is 0 Å². The van der Waals surface area contributed by atoms with Crippen LogP contribution in [0.3, 0.4) is 0 Å². The molecule has 0 aromatic carbocycles. The summed E-state index contributed by atoms with van der Waals surface area (Å²) in [5.74, 6) is -0.355. The number of hydrogen-bond acceptors (Lipinski definition) is 5. The van der Waals surface area contributed by atoms with Crippen LogP contribution in [-0.4, -0.2) is 65.7 Å². The molecule has 0 bridgehead atoms. The molecular formula is C16H23N5O3. The number of anilines is 1. The Morgan fingerprint density at radius 3 is 2.92 bits per heavy atom. The first-order valence-corrected chi connectivity index (χ1v) is 8.19. The largest absolute Gasteiger partial charge is 0.480 e. The highest BCUT2D eigenvalue weighted by atomic mass is 16.4. The van der Waals surface area contributed by atoms with Gasteiger partial charge < -0.3 is 20.2 Å². The average Bonchev–Trinajstić information content (AvgIpc) is 2.90. The minimum Gasteiger partial charge on any atom is -0.480 e. The number of urea groups is 1. The molecule has 1 atom stereocenters. The molecule has 0 radical (unpaired) electrons. The number of nitrogens with one attached hydrogen (secondary N) is 1. The van der Waals surface area contributed by atoms with Gasteiger partial charge in [0, 0.05) is 38.8 Å². The third-order valence-corrected chi connectivity index (χ3v) is 4.88. The number of aliphatic carboxylic acids is 1. The summed E-state index contributed by atoms with van der Waals surface area (Å²) in [5.41, 5.74) is 2.08. The topological polar surface area (TPSA) is 98.7 Å². The lowest BCUT2D eigenvalue weighted by atomic mass is 9.77.